The summed E-state index contributed by atoms with van der Waals surface area (Å²) in [6, 6.07) is 3.92. The first kappa shape index (κ1) is 18.8. The van der Waals surface area contributed by atoms with E-state index in [2.05, 4.69) is 31.2 Å². The van der Waals surface area contributed by atoms with Crippen molar-refractivity contribution in [3.05, 3.63) is 42.4 Å². The number of allylic oxidation sites excluding steroid dienone is 3. The maximum Gasteiger partial charge on any atom is 0.126 e. The first-order valence-electron chi connectivity index (χ1n) is 9.28. The SMILES string of the molecule is CCCCCCCC/C=C\CCCCC/C=C\c1ccco1. The lowest BCUT2D eigenvalue weighted by molar-refractivity contribution is 0.556. The highest BCUT2D eigenvalue weighted by atomic mass is 16.3. The lowest BCUT2D eigenvalue weighted by Gasteiger charge is -1.98. The standard InChI is InChI=1S/C21H34O/c1-2-3-4-5-6-7-8-9-10-11-12-13-14-15-16-18-21-19-17-20-22-21/h9-10,16-20H,2-8,11-15H2,1H3/b10-9-,18-16-. The van der Waals surface area contributed by atoms with E-state index in [4.69, 9.17) is 4.42 Å². The topological polar surface area (TPSA) is 13.1 Å². The van der Waals surface area contributed by atoms with Crippen LogP contribution in [-0.4, -0.2) is 0 Å². The number of hydrogen-bond acceptors (Lipinski definition) is 1. The van der Waals surface area contributed by atoms with Gasteiger partial charge in [0.15, 0.2) is 0 Å². The lowest BCUT2D eigenvalue weighted by atomic mass is 10.1. The quantitative estimate of drug-likeness (QED) is 0.255. The van der Waals surface area contributed by atoms with Crippen LogP contribution in [0.25, 0.3) is 6.08 Å². The molecule has 0 saturated heterocycles. The lowest BCUT2D eigenvalue weighted by Crippen LogP contribution is -1.78. The molecular weight excluding hydrogens is 268 g/mol. The van der Waals surface area contributed by atoms with Crippen LogP contribution in [0.3, 0.4) is 0 Å². The molecule has 0 fully saturated rings. The van der Waals surface area contributed by atoms with Crippen LogP contribution in [0.5, 0.6) is 0 Å². The van der Waals surface area contributed by atoms with Gasteiger partial charge in [-0.15, -0.1) is 0 Å². The maximum absolute atomic E-state index is 5.26. The third kappa shape index (κ3) is 11.4. The summed E-state index contributed by atoms with van der Waals surface area (Å²) in [5, 5.41) is 0. The molecule has 1 heterocycles. The van der Waals surface area contributed by atoms with Crippen LogP contribution < -0.4 is 0 Å². The van der Waals surface area contributed by atoms with Crippen LogP contribution in [-0.2, 0) is 0 Å². The number of hydrogen-bond donors (Lipinski definition) is 0. The van der Waals surface area contributed by atoms with Gasteiger partial charge in [0, 0.05) is 0 Å². The van der Waals surface area contributed by atoms with E-state index in [1.165, 1.54) is 70.6 Å². The third-order valence-corrected chi connectivity index (χ3v) is 3.96. The molecule has 0 bridgehead atoms. The van der Waals surface area contributed by atoms with Crippen molar-refractivity contribution in [2.45, 2.75) is 84.0 Å². The minimum atomic E-state index is 0.956. The molecule has 0 unspecified atom stereocenters. The summed E-state index contributed by atoms with van der Waals surface area (Å²) in [4.78, 5) is 0. The molecule has 0 aliphatic rings. The second-order valence-electron chi connectivity index (χ2n) is 6.08. The van der Waals surface area contributed by atoms with Gasteiger partial charge in [0.1, 0.15) is 5.76 Å². The smallest absolute Gasteiger partial charge is 0.126 e. The van der Waals surface area contributed by atoms with Gasteiger partial charge in [-0.3, -0.25) is 0 Å². The summed E-state index contributed by atoms with van der Waals surface area (Å²) >= 11 is 0. The second-order valence-corrected chi connectivity index (χ2v) is 6.08. The Morgan fingerprint density at radius 3 is 2.00 bits per heavy atom. The van der Waals surface area contributed by atoms with Crippen molar-refractivity contribution in [3.63, 3.8) is 0 Å². The molecule has 124 valence electrons. The van der Waals surface area contributed by atoms with E-state index in [-0.39, 0.29) is 0 Å². The monoisotopic (exact) mass is 302 g/mol. The first-order valence-corrected chi connectivity index (χ1v) is 9.28. The fourth-order valence-electron chi connectivity index (χ4n) is 2.56. The van der Waals surface area contributed by atoms with E-state index in [1.807, 2.05) is 12.1 Å². The van der Waals surface area contributed by atoms with Gasteiger partial charge in [-0.1, -0.05) is 63.7 Å². The number of unbranched alkanes of at least 4 members (excludes halogenated alkanes) is 10. The van der Waals surface area contributed by atoms with E-state index in [1.54, 1.807) is 6.26 Å². The summed E-state index contributed by atoms with van der Waals surface area (Å²) < 4.78 is 5.26. The zero-order valence-corrected chi connectivity index (χ0v) is 14.4. The predicted molar refractivity (Wildman–Crippen MR) is 98.0 cm³/mol. The van der Waals surface area contributed by atoms with Crippen LogP contribution in [0.2, 0.25) is 0 Å². The Kier molecular flexibility index (Phi) is 12.6. The molecule has 0 saturated carbocycles. The molecule has 0 N–H and O–H groups in total. The van der Waals surface area contributed by atoms with E-state index in [9.17, 15) is 0 Å². The van der Waals surface area contributed by atoms with Gasteiger partial charge in [0.25, 0.3) is 0 Å². The van der Waals surface area contributed by atoms with Crippen molar-refractivity contribution in [3.8, 4) is 0 Å². The number of furan rings is 1. The minimum absolute atomic E-state index is 0.956. The van der Waals surface area contributed by atoms with Gasteiger partial charge >= 0.3 is 0 Å². The van der Waals surface area contributed by atoms with Crippen molar-refractivity contribution >= 4 is 6.08 Å². The molecule has 0 aliphatic carbocycles. The normalized spacial score (nSPS) is 11.9. The van der Waals surface area contributed by atoms with Gasteiger partial charge in [0.05, 0.1) is 6.26 Å². The summed E-state index contributed by atoms with van der Waals surface area (Å²) in [5.41, 5.74) is 0. The van der Waals surface area contributed by atoms with Gasteiger partial charge in [-0.2, -0.15) is 0 Å². The predicted octanol–water partition coefficient (Wildman–Crippen LogP) is 7.55. The summed E-state index contributed by atoms with van der Waals surface area (Å²) in [6.07, 6.45) is 26.8. The van der Waals surface area contributed by atoms with Crippen molar-refractivity contribution in [2.75, 3.05) is 0 Å². The Morgan fingerprint density at radius 1 is 0.773 bits per heavy atom. The Labute approximate surface area is 137 Å². The third-order valence-electron chi connectivity index (χ3n) is 3.96. The Balaban J connectivity index is 1.80. The van der Waals surface area contributed by atoms with E-state index >= 15 is 0 Å². The van der Waals surface area contributed by atoms with Gasteiger partial charge < -0.3 is 4.42 Å². The molecule has 0 atom stereocenters. The molecule has 1 nitrogen and oxygen atoms in total. The van der Waals surface area contributed by atoms with E-state index < -0.39 is 0 Å². The molecular formula is C21H34O. The zero-order valence-electron chi connectivity index (χ0n) is 14.4. The molecule has 0 aromatic carbocycles. The summed E-state index contributed by atoms with van der Waals surface area (Å²) in [7, 11) is 0. The van der Waals surface area contributed by atoms with Crippen LogP contribution >= 0.6 is 0 Å². The van der Waals surface area contributed by atoms with Crippen LogP contribution in [0.15, 0.2) is 41.0 Å². The molecule has 0 aliphatic heterocycles. The molecule has 0 radical (unpaired) electrons. The van der Waals surface area contributed by atoms with Gasteiger partial charge in [-0.05, 0) is 56.7 Å². The Morgan fingerprint density at radius 2 is 1.36 bits per heavy atom. The fourth-order valence-corrected chi connectivity index (χ4v) is 2.56. The van der Waals surface area contributed by atoms with Crippen molar-refractivity contribution in [1.29, 1.82) is 0 Å². The molecule has 1 heteroatoms. The highest BCUT2D eigenvalue weighted by Gasteiger charge is 1.90. The van der Waals surface area contributed by atoms with E-state index in [0.29, 0.717) is 0 Å². The summed E-state index contributed by atoms with van der Waals surface area (Å²) in [5.74, 6) is 0.956. The largest absolute Gasteiger partial charge is 0.465 e. The zero-order chi connectivity index (χ0) is 15.7. The van der Waals surface area contributed by atoms with Crippen LogP contribution in [0.1, 0.15) is 89.7 Å². The Bertz CT molecular complexity index is 373. The molecule has 0 amide bonds. The van der Waals surface area contributed by atoms with Crippen LogP contribution in [0.4, 0.5) is 0 Å². The second kappa shape index (κ2) is 14.7. The fraction of sp³-hybridized carbons (Fsp3) is 0.619. The highest BCUT2D eigenvalue weighted by Crippen LogP contribution is 2.09. The molecule has 0 spiro atoms. The average molecular weight is 303 g/mol. The van der Waals surface area contributed by atoms with Gasteiger partial charge in [0.2, 0.25) is 0 Å². The molecule has 22 heavy (non-hydrogen) atoms. The maximum atomic E-state index is 5.26. The average Bonchev–Trinajstić information content (AvgIpc) is 3.04. The first-order chi connectivity index (χ1) is 10.9. The van der Waals surface area contributed by atoms with Crippen molar-refractivity contribution in [2.24, 2.45) is 0 Å². The Hall–Kier alpha value is -1.24. The minimum Gasteiger partial charge on any atom is -0.465 e. The summed E-state index contributed by atoms with van der Waals surface area (Å²) in [6.45, 7) is 2.28. The molecule has 1 aromatic rings. The highest BCUT2D eigenvalue weighted by molar-refractivity contribution is 5.41. The van der Waals surface area contributed by atoms with Crippen LogP contribution in [0, 0.1) is 0 Å². The van der Waals surface area contributed by atoms with Crippen molar-refractivity contribution in [1.82, 2.24) is 0 Å². The van der Waals surface area contributed by atoms with E-state index in [0.717, 1.165) is 12.2 Å². The number of rotatable bonds is 14. The molecule has 1 rings (SSSR count). The van der Waals surface area contributed by atoms with Crippen molar-refractivity contribution < 1.29 is 4.42 Å². The molecule has 1 aromatic heterocycles. The van der Waals surface area contributed by atoms with Gasteiger partial charge in [-0.25, -0.2) is 0 Å².